The zero-order chi connectivity index (χ0) is 2.83. The first kappa shape index (κ1) is 5.23. The molecule has 0 nitrogen and oxygen atoms in total. The third-order valence-corrected chi connectivity index (χ3v) is 0.544. The van der Waals surface area contributed by atoms with E-state index in [2.05, 4.69) is 18.6 Å². The van der Waals surface area contributed by atoms with Gasteiger partial charge in [0.25, 0.3) is 0 Å². The minimum Gasteiger partial charge on any atom is -0.243 e. The van der Waals surface area contributed by atoms with Crippen LogP contribution in [0.3, 0.4) is 0 Å². The molecule has 0 saturated heterocycles. The molecule has 5 heavy (non-hydrogen) atoms. The molecular formula is C4H5Zn-. The van der Waals surface area contributed by atoms with Crippen molar-refractivity contribution >= 4 is 0 Å². The molecule has 0 bridgehead atoms. The van der Waals surface area contributed by atoms with Crippen LogP contribution < -0.4 is 0 Å². The van der Waals surface area contributed by atoms with E-state index in [9.17, 15) is 0 Å². The average molecular weight is 118 g/mol. The van der Waals surface area contributed by atoms with Crippen LogP contribution >= 0.6 is 0 Å². The summed E-state index contributed by atoms with van der Waals surface area (Å²) in [7, 11) is 0. The van der Waals surface area contributed by atoms with Crippen LogP contribution in [0.4, 0.5) is 0 Å². The Bertz CT molecular complexity index is 32.9. The van der Waals surface area contributed by atoms with Crippen molar-refractivity contribution in [1.29, 1.82) is 0 Å². The zero-order valence-corrected chi connectivity index (χ0v) is 6.11. The predicted octanol–water partition coefficient (Wildman–Crippen LogP) is 1.15. The van der Waals surface area contributed by atoms with Crippen molar-refractivity contribution in [2.24, 2.45) is 0 Å². The first-order valence-electron chi connectivity index (χ1n) is 1.48. The number of rotatable bonds is 0. The summed E-state index contributed by atoms with van der Waals surface area (Å²) < 4.78 is 0. The average Bonchev–Trinajstić information content (AvgIpc) is 0.722. The summed E-state index contributed by atoms with van der Waals surface area (Å²) in [6.45, 7) is 0. The Kier molecular flexibility index (Phi) is 2.58. The Labute approximate surface area is 45.0 Å². The summed E-state index contributed by atoms with van der Waals surface area (Å²) in [5.41, 5.74) is 0. The number of hydrogen-bond donors (Lipinski definition) is 0. The van der Waals surface area contributed by atoms with E-state index in [1.807, 2.05) is 0 Å². The van der Waals surface area contributed by atoms with Crippen molar-refractivity contribution in [1.82, 2.24) is 0 Å². The van der Waals surface area contributed by atoms with Crippen molar-refractivity contribution in [3.63, 3.8) is 0 Å². The molecule has 0 aromatic heterocycles. The topological polar surface area (TPSA) is 0 Å². The van der Waals surface area contributed by atoms with Gasteiger partial charge in [-0.25, -0.2) is 18.6 Å². The Morgan fingerprint density at radius 3 is 1.80 bits per heavy atom. The van der Waals surface area contributed by atoms with Crippen molar-refractivity contribution in [2.75, 3.05) is 0 Å². The Hall–Kier alpha value is 0.233. The van der Waals surface area contributed by atoms with Crippen LogP contribution in [0.5, 0.6) is 0 Å². The van der Waals surface area contributed by atoms with E-state index < -0.39 is 0 Å². The molecule has 0 saturated carbocycles. The van der Waals surface area contributed by atoms with E-state index >= 15 is 0 Å². The van der Waals surface area contributed by atoms with E-state index in [1.54, 1.807) is 0 Å². The Morgan fingerprint density at radius 1 is 1.60 bits per heavy atom. The van der Waals surface area contributed by atoms with Gasteiger partial charge in [0, 0.05) is 19.5 Å². The second-order valence-electron chi connectivity index (χ2n) is 0.900. The molecule has 1 rings (SSSR count). The number of allylic oxidation sites excluding steroid dienone is 2. The Morgan fingerprint density at radius 2 is 1.80 bits per heavy atom. The molecule has 0 radical (unpaired) electrons. The summed E-state index contributed by atoms with van der Waals surface area (Å²) in [5.74, 6) is 0. The van der Waals surface area contributed by atoms with Crippen LogP contribution in [0.15, 0.2) is 12.2 Å². The van der Waals surface area contributed by atoms with Gasteiger partial charge in [0.15, 0.2) is 0 Å². The maximum atomic E-state index is 2.12. The van der Waals surface area contributed by atoms with Crippen LogP contribution in [0, 0.1) is 6.42 Å². The molecule has 0 heterocycles. The van der Waals surface area contributed by atoms with Gasteiger partial charge in [-0.3, -0.25) is 0 Å². The molecule has 0 aromatic carbocycles. The van der Waals surface area contributed by atoms with E-state index in [-0.39, 0.29) is 19.5 Å². The fourth-order valence-electron chi connectivity index (χ4n) is 0.136. The van der Waals surface area contributed by atoms with Crippen LogP contribution in [-0.4, -0.2) is 0 Å². The van der Waals surface area contributed by atoms with Gasteiger partial charge < -0.3 is 0 Å². The predicted molar refractivity (Wildman–Crippen MR) is 18.1 cm³/mol. The summed E-state index contributed by atoms with van der Waals surface area (Å²) >= 11 is 0. The Balaban J connectivity index is 0.000000160. The molecule has 0 unspecified atom stereocenters. The molecule has 0 fully saturated rings. The molecule has 0 atom stereocenters. The third kappa shape index (κ3) is 1.18. The molecule has 0 amide bonds. The fourth-order valence-corrected chi connectivity index (χ4v) is 0.136. The van der Waals surface area contributed by atoms with Crippen LogP contribution in [-0.2, 0) is 19.5 Å². The van der Waals surface area contributed by atoms with Gasteiger partial charge in [0.2, 0.25) is 0 Å². The molecule has 24 valence electrons. The van der Waals surface area contributed by atoms with Gasteiger partial charge in [-0.1, -0.05) is 0 Å². The van der Waals surface area contributed by atoms with Crippen LogP contribution in [0.25, 0.3) is 0 Å². The van der Waals surface area contributed by atoms with E-state index in [4.69, 9.17) is 0 Å². The van der Waals surface area contributed by atoms with Crippen LogP contribution in [0.1, 0.15) is 6.42 Å². The number of hydrogen-bond acceptors (Lipinski definition) is 0. The molecule has 0 aromatic rings. The van der Waals surface area contributed by atoms with E-state index in [0.717, 1.165) is 0 Å². The van der Waals surface area contributed by atoms with E-state index in [0.29, 0.717) is 0 Å². The second-order valence-corrected chi connectivity index (χ2v) is 0.900. The molecule has 0 spiro atoms. The van der Waals surface area contributed by atoms with Gasteiger partial charge in [0.1, 0.15) is 0 Å². The molecular weight excluding hydrogens is 113 g/mol. The van der Waals surface area contributed by atoms with Gasteiger partial charge in [-0.15, -0.1) is 0 Å². The molecule has 1 aliphatic carbocycles. The summed E-state index contributed by atoms with van der Waals surface area (Å²) in [6.07, 6.45) is 7.50. The summed E-state index contributed by atoms with van der Waals surface area (Å²) in [4.78, 5) is 0. The quantitative estimate of drug-likeness (QED) is 0.331. The largest absolute Gasteiger partial charge is 0.243 e. The SMILES string of the molecule is C1=CC[CH-]1.[Zn]. The first-order chi connectivity index (χ1) is 2.00. The van der Waals surface area contributed by atoms with Gasteiger partial charge in [-0.05, 0) is 0 Å². The van der Waals surface area contributed by atoms with Gasteiger partial charge in [-0.2, -0.15) is 6.42 Å². The zero-order valence-electron chi connectivity index (χ0n) is 3.15. The van der Waals surface area contributed by atoms with Crippen molar-refractivity contribution in [3.05, 3.63) is 18.6 Å². The fraction of sp³-hybridized carbons (Fsp3) is 0.250. The smallest absolute Gasteiger partial charge is 0 e. The normalized spacial score (nSPS) is 14.4. The molecule has 0 aliphatic heterocycles. The van der Waals surface area contributed by atoms with Crippen molar-refractivity contribution in [2.45, 2.75) is 6.42 Å². The molecule has 0 N–H and O–H groups in total. The summed E-state index contributed by atoms with van der Waals surface area (Å²) in [5, 5.41) is 0. The molecule has 1 heteroatoms. The summed E-state index contributed by atoms with van der Waals surface area (Å²) in [6, 6.07) is 0. The maximum absolute atomic E-state index is 2.12. The second kappa shape index (κ2) is 2.47. The standard InChI is InChI=1S/C4H5.Zn/c1-2-4-3-1;/h1-3H,4H2;/q-1;. The van der Waals surface area contributed by atoms with Crippen molar-refractivity contribution < 1.29 is 19.5 Å². The van der Waals surface area contributed by atoms with E-state index in [1.165, 1.54) is 6.42 Å². The molecule has 1 aliphatic rings. The van der Waals surface area contributed by atoms with Crippen molar-refractivity contribution in [3.8, 4) is 0 Å². The first-order valence-corrected chi connectivity index (χ1v) is 1.48. The van der Waals surface area contributed by atoms with Gasteiger partial charge in [0.05, 0.1) is 0 Å². The van der Waals surface area contributed by atoms with Crippen LogP contribution in [0.2, 0.25) is 0 Å². The van der Waals surface area contributed by atoms with Gasteiger partial charge >= 0.3 is 0 Å². The minimum atomic E-state index is 0. The maximum Gasteiger partial charge on any atom is 0 e. The minimum absolute atomic E-state index is 0. The third-order valence-electron chi connectivity index (χ3n) is 0.544. The monoisotopic (exact) mass is 117 g/mol.